The van der Waals surface area contributed by atoms with Gasteiger partial charge >= 0.3 is 0 Å². The maximum atomic E-state index is 8.87. The summed E-state index contributed by atoms with van der Waals surface area (Å²) in [5.74, 6) is -0.0294. The molecule has 1 atom stereocenters. The molecule has 0 saturated heterocycles. The van der Waals surface area contributed by atoms with Gasteiger partial charge in [-0.2, -0.15) is 0 Å². The number of hydrogen-bond acceptors (Lipinski definition) is 1. The number of rotatable bonds is 2. The fourth-order valence-corrected chi connectivity index (χ4v) is 1.60. The molecular weight excluding hydrogens is 331 g/mol. The maximum Gasteiger partial charge on any atom is 0.0499 e. The number of aliphatic hydroxyl groups is 1. The summed E-state index contributed by atoms with van der Waals surface area (Å²) in [6.45, 7) is 3.91. The number of benzene rings is 1. The van der Waals surface area contributed by atoms with Crippen molar-refractivity contribution in [3.05, 3.63) is 38.7 Å². The van der Waals surface area contributed by atoms with Gasteiger partial charge < -0.3 is 5.11 Å². The number of aliphatic hydroxyl groups excluding tert-OH is 1. The molecule has 0 aliphatic carbocycles. The van der Waals surface area contributed by atoms with E-state index in [1.807, 2.05) is 18.2 Å². The lowest BCUT2D eigenvalue weighted by atomic mass is 10.0. The molecule has 1 unspecified atom stereocenters. The van der Waals surface area contributed by atoms with Gasteiger partial charge in [0.25, 0.3) is 0 Å². The van der Waals surface area contributed by atoms with E-state index in [0.29, 0.717) is 0 Å². The van der Waals surface area contributed by atoms with Crippen molar-refractivity contribution < 1.29 is 5.11 Å². The lowest BCUT2D eigenvalue weighted by Crippen LogP contribution is -1.99. The summed E-state index contributed by atoms with van der Waals surface area (Å²) < 4.78 is 2.23. The van der Waals surface area contributed by atoms with Crippen LogP contribution in [-0.4, -0.2) is 11.7 Å². The van der Waals surface area contributed by atoms with E-state index in [2.05, 4.69) is 45.4 Å². The number of halogens is 2. The van der Waals surface area contributed by atoms with Gasteiger partial charge in [0, 0.05) is 20.6 Å². The molecule has 1 N–H and O–H groups in total. The van der Waals surface area contributed by atoms with Crippen LogP contribution in [0.1, 0.15) is 11.5 Å². The van der Waals surface area contributed by atoms with Crippen LogP contribution in [0.15, 0.2) is 22.7 Å². The van der Waals surface area contributed by atoms with E-state index in [0.717, 1.165) is 10.0 Å². The Morgan fingerprint density at radius 1 is 1.58 bits per heavy atom. The highest BCUT2D eigenvalue weighted by Crippen LogP contribution is 2.23. The third kappa shape index (κ3) is 2.44. The van der Waals surface area contributed by atoms with Gasteiger partial charge in [0.2, 0.25) is 0 Å². The Morgan fingerprint density at radius 2 is 2.25 bits per heavy atom. The summed E-state index contributed by atoms with van der Waals surface area (Å²) in [6, 6.07) is 5.99. The SMILES string of the molecule is [CH2]C(CO)c1ccc(I)c(Br)c1. The Bertz CT molecular complexity index is 275. The van der Waals surface area contributed by atoms with Gasteiger partial charge in [-0.1, -0.05) is 6.07 Å². The zero-order chi connectivity index (χ0) is 9.14. The van der Waals surface area contributed by atoms with Crippen LogP contribution < -0.4 is 0 Å². The molecule has 0 saturated carbocycles. The maximum absolute atomic E-state index is 8.87. The fraction of sp³-hybridized carbons (Fsp3) is 0.222. The van der Waals surface area contributed by atoms with E-state index in [9.17, 15) is 0 Å². The highest BCUT2D eigenvalue weighted by Gasteiger charge is 2.05. The third-order valence-electron chi connectivity index (χ3n) is 1.64. The molecule has 0 aromatic heterocycles. The van der Waals surface area contributed by atoms with Crippen LogP contribution in [0.25, 0.3) is 0 Å². The topological polar surface area (TPSA) is 20.2 Å². The second kappa shape index (κ2) is 4.58. The summed E-state index contributed by atoms with van der Waals surface area (Å²) in [6.07, 6.45) is 0. The Morgan fingerprint density at radius 3 is 2.75 bits per heavy atom. The molecule has 1 aromatic carbocycles. The second-order valence-corrected chi connectivity index (χ2v) is 4.57. The minimum absolute atomic E-state index is 0.0294. The highest BCUT2D eigenvalue weighted by molar-refractivity contribution is 14.1. The standard InChI is InChI=1S/C9H9BrIO/c1-6(5-12)7-2-3-9(11)8(10)4-7/h2-4,6,12H,1,5H2. The van der Waals surface area contributed by atoms with E-state index in [4.69, 9.17) is 5.11 Å². The van der Waals surface area contributed by atoms with E-state index < -0.39 is 0 Å². The van der Waals surface area contributed by atoms with E-state index in [-0.39, 0.29) is 12.5 Å². The van der Waals surface area contributed by atoms with Crippen molar-refractivity contribution in [1.82, 2.24) is 0 Å². The smallest absolute Gasteiger partial charge is 0.0499 e. The van der Waals surface area contributed by atoms with E-state index in [1.165, 1.54) is 3.57 Å². The second-order valence-electron chi connectivity index (χ2n) is 2.55. The molecule has 12 heavy (non-hydrogen) atoms. The van der Waals surface area contributed by atoms with Crippen LogP contribution in [0.3, 0.4) is 0 Å². The first-order valence-electron chi connectivity index (χ1n) is 3.54. The first kappa shape index (κ1) is 10.5. The molecule has 0 bridgehead atoms. The van der Waals surface area contributed by atoms with Crippen molar-refractivity contribution in [3.63, 3.8) is 0 Å². The van der Waals surface area contributed by atoms with Crippen molar-refractivity contribution in [3.8, 4) is 0 Å². The molecule has 3 heteroatoms. The van der Waals surface area contributed by atoms with Gasteiger partial charge in [0.05, 0.1) is 0 Å². The first-order valence-corrected chi connectivity index (χ1v) is 5.41. The lowest BCUT2D eigenvalue weighted by Gasteiger charge is -2.08. The van der Waals surface area contributed by atoms with Gasteiger partial charge in [0.15, 0.2) is 0 Å². The zero-order valence-corrected chi connectivity index (χ0v) is 10.2. The molecule has 0 aliphatic heterocycles. The van der Waals surface area contributed by atoms with Crippen LogP contribution in [0.5, 0.6) is 0 Å². The van der Waals surface area contributed by atoms with Crippen LogP contribution in [0.4, 0.5) is 0 Å². The average Bonchev–Trinajstić information content (AvgIpc) is 2.08. The van der Waals surface area contributed by atoms with Gasteiger partial charge in [0.1, 0.15) is 0 Å². The van der Waals surface area contributed by atoms with Crippen molar-refractivity contribution in [1.29, 1.82) is 0 Å². The predicted molar refractivity (Wildman–Crippen MR) is 62.0 cm³/mol. The average molecular weight is 340 g/mol. The normalized spacial score (nSPS) is 13.0. The molecule has 0 heterocycles. The molecule has 1 aromatic rings. The summed E-state index contributed by atoms with van der Waals surface area (Å²) >= 11 is 5.67. The fourth-order valence-electron chi connectivity index (χ4n) is 0.872. The largest absolute Gasteiger partial charge is 0.396 e. The summed E-state index contributed by atoms with van der Waals surface area (Å²) in [7, 11) is 0. The van der Waals surface area contributed by atoms with Crippen LogP contribution >= 0.6 is 38.5 Å². The third-order valence-corrected chi connectivity index (χ3v) is 3.97. The van der Waals surface area contributed by atoms with Crippen molar-refractivity contribution in [2.24, 2.45) is 0 Å². The molecule has 1 radical (unpaired) electrons. The van der Waals surface area contributed by atoms with Crippen LogP contribution in [-0.2, 0) is 0 Å². The Kier molecular flexibility index (Phi) is 3.99. The molecule has 65 valence electrons. The summed E-state index contributed by atoms with van der Waals surface area (Å²) in [4.78, 5) is 0. The molecule has 0 aliphatic rings. The Labute approximate surface area is 94.4 Å². The monoisotopic (exact) mass is 339 g/mol. The molecule has 0 fully saturated rings. The minimum atomic E-state index is -0.0294. The van der Waals surface area contributed by atoms with Crippen molar-refractivity contribution >= 4 is 38.5 Å². The molecule has 0 spiro atoms. The van der Waals surface area contributed by atoms with Gasteiger partial charge in [-0.05, 0) is 63.1 Å². The lowest BCUT2D eigenvalue weighted by molar-refractivity contribution is 0.282. The minimum Gasteiger partial charge on any atom is -0.396 e. The van der Waals surface area contributed by atoms with Crippen LogP contribution in [0, 0.1) is 10.5 Å². The van der Waals surface area contributed by atoms with Gasteiger partial charge in [-0.15, -0.1) is 0 Å². The quantitative estimate of drug-likeness (QED) is 0.821. The first-order chi connectivity index (χ1) is 5.65. The highest BCUT2D eigenvalue weighted by atomic mass is 127. The van der Waals surface area contributed by atoms with E-state index in [1.54, 1.807) is 0 Å². The van der Waals surface area contributed by atoms with Gasteiger partial charge in [-0.3, -0.25) is 0 Å². The molecule has 1 rings (SSSR count). The summed E-state index contributed by atoms with van der Waals surface area (Å²) in [5.41, 5.74) is 1.06. The van der Waals surface area contributed by atoms with Crippen molar-refractivity contribution in [2.75, 3.05) is 6.61 Å². The van der Waals surface area contributed by atoms with Crippen LogP contribution in [0.2, 0.25) is 0 Å². The number of hydrogen-bond donors (Lipinski definition) is 1. The van der Waals surface area contributed by atoms with E-state index >= 15 is 0 Å². The zero-order valence-electron chi connectivity index (χ0n) is 6.43. The Hall–Kier alpha value is 0.390. The molecule has 1 nitrogen and oxygen atoms in total. The molecule has 0 amide bonds. The van der Waals surface area contributed by atoms with Crippen molar-refractivity contribution in [2.45, 2.75) is 5.92 Å². The summed E-state index contributed by atoms with van der Waals surface area (Å²) in [5, 5.41) is 8.87. The predicted octanol–water partition coefficient (Wildman–Crippen LogP) is 2.96. The Balaban J connectivity index is 2.96. The van der Waals surface area contributed by atoms with Gasteiger partial charge in [-0.25, -0.2) is 0 Å². The molecular formula is C9H9BrIO.